The van der Waals surface area contributed by atoms with E-state index in [0.717, 1.165) is 31.5 Å². The van der Waals surface area contributed by atoms with Crippen LogP contribution in [-0.2, 0) is 17.8 Å². The Morgan fingerprint density at radius 2 is 1.89 bits per heavy atom. The first kappa shape index (κ1) is 19.9. The molecule has 27 heavy (non-hydrogen) atoms. The van der Waals surface area contributed by atoms with Gasteiger partial charge in [-0.05, 0) is 32.6 Å². The third-order valence-corrected chi connectivity index (χ3v) is 5.85. The summed E-state index contributed by atoms with van der Waals surface area (Å²) in [5.74, 6) is 1.08. The molecule has 1 aliphatic heterocycles. The van der Waals surface area contributed by atoms with E-state index < -0.39 is 0 Å². The van der Waals surface area contributed by atoms with Gasteiger partial charge in [0.15, 0.2) is 0 Å². The summed E-state index contributed by atoms with van der Waals surface area (Å²) in [5.41, 5.74) is -0.0676. The van der Waals surface area contributed by atoms with Crippen molar-refractivity contribution in [2.75, 3.05) is 26.8 Å². The fourth-order valence-corrected chi connectivity index (χ4v) is 4.23. The van der Waals surface area contributed by atoms with Gasteiger partial charge < -0.3 is 15.0 Å². The first-order valence-electron chi connectivity index (χ1n) is 10.4. The minimum atomic E-state index is -0.0676. The minimum Gasteiger partial charge on any atom is -0.383 e. The summed E-state index contributed by atoms with van der Waals surface area (Å²) in [7, 11) is 1.62. The lowest BCUT2D eigenvalue weighted by molar-refractivity contribution is 0.172. The van der Waals surface area contributed by atoms with E-state index in [1.54, 1.807) is 11.7 Å². The topological polar surface area (TPSA) is 81.4 Å². The average molecular weight is 380 g/mol. The summed E-state index contributed by atoms with van der Waals surface area (Å²) >= 11 is 0. The number of carbonyl (C=O) groups is 1. The number of piperidine rings is 1. The first-order valence-corrected chi connectivity index (χ1v) is 10.4. The van der Waals surface area contributed by atoms with Gasteiger partial charge in [-0.15, -0.1) is 0 Å². The van der Waals surface area contributed by atoms with E-state index in [4.69, 9.17) is 4.74 Å². The van der Waals surface area contributed by atoms with Crippen LogP contribution in [0.4, 0.5) is 4.79 Å². The molecule has 2 fully saturated rings. The van der Waals surface area contributed by atoms with Crippen molar-refractivity contribution in [1.82, 2.24) is 24.6 Å². The van der Waals surface area contributed by atoms with Crippen molar-refractivity contribution < 1.29 is 9.53 Å². The third kappa shape index (κ3) is 4.72. The lowest BCUT2D eigenvalue weighted by atomic mass is 9.95. The molecule has 2 amide bonds. The molecule has 2 heterocycles. The second kappa shape index (κ2) is 9.39. The van der Waals surface area contributed by atoms with E-state index in [-0.39, 0.29) is 17.6 Å². The molecule has 1 aromatic rings. The number of hydrogen-bond donors (Lipinski definition) is 1. The van der Waals surface area contributed by atoms with E-state index in [9.17, 15) is 9.59 Å². The summed E-state index contributed by atoms with van der Waals surface area (Å²) in [4.78, 5) is 26.9. The van der Waals surface area contributed by atoms with Crippen LogP contribution in [0.5, 0.6) is 0 Å². The number of amides is 2. The lowest BCUT2D eigenvalue weighted by Gasteiger charge is -2.33. The van der Waals surface area contributed by atoms with Crippen LogP contribution in [0, 0.1) is 0 Å². The number of ether oxygens (including phenoxy) is 1. The van der Waals surface area contributed by atoms with Crippen LogP contribution >= 0.6 is 0 Å². The zero-order valence-electron chi connectivity index (χ0n) is 16.7. The molecule has 3 rings (SSSR count). The molecule has 152 valence electrons. The molecule has 0 bridgehead atoms. The molecule has 1 saturated carbocycles. The maximum atomic E-state index is 12.5. The summed E-state index contributed by atoms with van der Waals surface area (Å²) in [6.45, 7) is 4.96. The van der Waals surface area contributed by atoms with Crippen LogP contribution in [0.3, 0.4) is 0 Å². The second-order valence-corrected chi connectivity index (χ2v) is 7.65. The number of aromatic nitrogens is 3. The summed E-state index contributed by atoms with van der Waals surface area (Å²) in [6, 6.07) is 0.407. The first-order chi connectivity index (χ1) is 13.1. The van der Waals surface area contributed by atoms with Crippen LogP contribution in [0.2, 0.25) is 0 Å². The van der Waals surface area contributed by atoms with Crippen molar-refractivity contribution >= 4 is 6.03 Å². The van der Waals surface area contributed by atoms with Crippen LogP contribution in [0.1, 0.15) is 63.6 Å². The second-order valence-electron chi connectivity index (χ2n) is 7.65. The van der Waals surface area contributed by atoms with E-state index >= 15 is 0 Å². The Morgan fingerprint density at radius 3 is 2.52 bits per heavy atom. The molecule has 1 N–H and O–H groups in total. The predicted octanol–water partition coefficient (Wildman–Crippen LogP) is 1.93. The summed E-state index contributed by atoms with van der Waals surface area (Å²) in [5, 5.41) is 7.77. The molecule has 8 nitrogen and oxygen atoms in total. The van der Waals surface area contributed by atoms with Crippen LogP contribution in [0.25, 0.3) is 0 Å². The van der Waals surface area contributed by atoms with Crippen molar-refractivity contribution in [2.24, 2.45) is 0 Å². The highest BCUT2D eigenvalue weighted by Crippen LogP contribution is 2.26. The fraction of sp³-hybridized carbons (Fsp3) is 0.842. The zero-order valence-corrected chi connectivity index (χ0v) is 16.7. The Bertz CT molecular complexity index is 669. The van der Waals surface area contributed by atoms with Gasteiger partial charge >= 0.3 is 11.7 Å². The SMILES string of the molecule is CCn1c(C2CCN(C(=O)NC3CCCCC3)CC2)nn(CCOC)c1=O. The lowest BCUT2D eigenvalue weighted by Crippen LogP contribution is -2.48. The highest BCUT2D eigenvalue weighted by molar-refractivity contribution is 5.74. The van der Waals surface area contributed by atoms with E-state index in [2.05, 4.69) is 10.4 Å². The Kier molecular flexibility index (Phi) is 6.93. The van der Waals surface area contributed by atoms with Gasteiger partial charge in [0, 0.05) is 38.7 Å². The molecule has 1 aliphatic carbocycles. The smallest absolute Gasteiger partial charge is 0.345 e. The highest BCUT2D eigenvalue weighted by Gasteiger charge is 2.29. The number of nitrogens with zero attached hydrogens (tertiary/aromatic N) is 4. The Balaban J connectivity index is 1.58. The standard InChI is InChI=1S/C19H33N5O3/c1-3-23-17(21-24(19(23)26)13-14-27-2)15-9-11-22(12-10-15)18(25)20-16-7-5-4-6-8-16/h15-16H,3-14H2,1-2H3,(H,20,25). The number of rotatable bonds is 6. The van der Waals surface area contributed by atoms with Crippen molar-refractivity contribution in [3.63, 3.8) is 0 Å². The van der Waals surface area contributed by atoms with E-state index in [1.807, 2.05) is 11.8 Å². The molecule has 0 spiro atoms. The van der Waals surface area contributed by atoms with Gasteiger partial charge in [0.1, 0.15) is 5.82 Å². The van der Waals surface area contributed by atoms with Crippen molar-refractivity contribution in [2.45, 2.75) is 76.9 Å². The maximum Gasteiger partial charge on any atom is 0.345 e. The normalized spacial score (nSPS) is 19.4. The number of carbonyl (C=O) groups excluding carboxylic acids is 1. The summed E-state index contributed by atoms with van der Waals surface area (Å²) < 4.78 is 8.34. The maximum absolute atomic E-state index is 12.5. The zero-order chi connectivity index (χ0) is 19.2. The van der Waals surface area contributed by atoms with Gasteiger partial charge in [-0.3, -0.25) is 4.57 Å². The van der Waals surface area contributed by atoms with Crippen LogP contribution in [-0.4, -0.2) is 58.1 Å². The molecule has 1 saturated heterocycles. The Hall–Kier alpha value is -1.83. The van der Waals surface area contributed by atoms with Gasteiger partial charge in [0.2, 0.25) is 0 Å². The molecule has 0 radical (unpaired) electrons. The predicted molar refractivity (Wildman–Crippen MR) is 103 cm³/mol. The van der Waals surface area contributed by atoms with Crippen LogP contribution < -0.4 is 11.0 Å². The highest BCUT2D eigenvalue weighted by atomic mass is 16.5. The van der Waals surface area contributed by atoms with Crippen LogP contribution in [0.15, 0.2) is 4.79 Å². The van der Waals surface area contributed by atoms with Gasteiger partial charge in [0.05, 0.1) is 13.2 Å². The molecule has 8 heteroatoms. The van der Waals surface area contributed by atoms with Gasteiger partial charge in [0.25, 0.3) is 0 Å². The summed E-state index contributed by atoms with van der Waals surface area (Å²) in [6.07, 6.45) is 7.61. The number of hydrogen-bond acceptors (Lipinski definition) is 4. The van der Waals surface area contributed by atoms with E-state index in [1.165, 1.54) is 23.9 Å². The Morgan fingerprint density at radius 1 is 1.19 bits per heavy atom. The van der Waals surface area contributed by atoms with Gasteiger partial charge in [-0.1, -0.05) is 19.3 Å². The fourth-order valence-electron chi connectivity index (χ4n) is 4.23. The van der Waals surface area contributed by atoms with E-state index in [0.29, 0.717) is 38.8 Å². The molecule has 2 aliphatic rings. The Labute approximate surface area is 160 Å². The molecule has 1 aromatic heterocycles. The molecule has 0 aromatic carbocycles. The third-order valence-electron chi connectivity index (χ3n) is 5.85. The number of methoxy groups -OCH3 is 1. The molecular weight excluding hydrogens is 346 g/mol. The van der Waals surface area contributed by atoms with Gasteiger partial charge in [-0.2, -0.15) is 5.10 Å². The monoisotopic (exact) mass is 379 g/mol. The van der Waals surface area contributed by atoms with Crippen molar-refractivity contribution in [3.8, 4) is 0 Å². The van der Waals surface area contributed by atoms with Crippen molar-refractivity contribution in [1.29, 1.82) is 0 Å². The van der Waals surface area contributed by atoms with Crippen molar-refractivity contribution in [3.05, 3.63) is 16.3 Å². The molecule has 0 atom stereocenters. The number of nitrogens with one attached hydrogen (secondary N) is 1. The van der Waals surface area contributed by atoms with Gasteiger partial charge in [-0.25, -0.2) is 14.3 Å². The quantitative estimate of drug-likeness (QED) is 0.819. The molecular formula is C19H33N5O3. The minimum absolute atomic E-state index is 0.0676. The number of likely N-dealkylation sites (tertiary alicyclic amines) is 1. The average Bonchev–Trinajstić information content (AvgIpc) is 3.02. The molecule has 0 unspecified atom stereocenters. The largest absolute Gasteiger partial charge is 0.383 e. The number of urea groups is 1.